The smallest absolute Gasteiger partial charge is 0.255 e. The van der Waals surface area contributed by atoms with Gasteiger partial charge in [0.15, 0.2) is 5.82 Å². The van der Waals surface area contributed by atoms with E-state index >= 15 is 0 Å². The van der Waals surface area contributed by atoms with Crippen LogP contribution in [0.25, 0.3) is 11.3 Å². The van der Waals surface area contributed by atoms with Gasteiger partial charge in [-0.15, -0.1) is 10.2 Å². The Balaban J connectivity index is 1.21. The van der Waals surface area contributed by atoms with Crippen LogP contribution in [-0.2, 0) is 9.53 Å². The summed E-state index contributed by atoms with van der Waals surface area (Å²) in [6.07, 6.45) is 0.763. The molecule has 2 aromatic carbocycles. The third-order valence-electron chi connectivity index (χ3n) is 7.47. The van der Waals surface area contributed by atoms with Gasteiger partial charge in [-0.2, -0.15) is 0 Å². The molecule has 0 atom stereocenters. The summed E-state index contributed by atoms with van der Waals surface area (Å²) in [7, 11) is 0. The summed E-state index contributed by atoms with van der Waals surface area (Å²) in [5, 5.41) is 9.10. The van der Waals surface area contributed by atoms with Gasteiger partial charge in [-0.3, -0.25) is 14.5 Å². The topological polar surface area (TPSA) is 82.1 Å². The fraction of sp³-hybridized carbons (Fsp3) is 0.400. The molecule has 41 heavy (non-hydrogen) atoms. The molecule has 2 aliphatic heterocycles. The summed E-state index contributed by atoms with van der Waals surface area (Å²) in [4.78, 5) is 34.8. The molecule has 0 bridgehead atoms. The Morgan fingerprint density at radius 2 is 1.68 bits per heavy atom. The number of ether oxygens (including phenoxy) is 1. The van der Waals surface area contributed by atoms with Crippen LogP contribution in [0.2, 0.25) is 5.02 Å². The molecule has 0 spiro atoms. The maximum absolute atomic E-state index is 13.5. The maximum atomic E-state index is 13.5. The van der Waals surface area contributed by atoms with E-state index < -0.39 is 0 Å². The zero-order valence-electron chi connectivity index (χ0n) is 22.9. The van der Waals surface area contributed by atoms with Crippen LogP contribution in [0.5, 0.6) is 0 Å². The molecule has 3 aromatic rings. The van der Waals surface area contributed by atoms with Gasteiger partial charge in [-0.25, -0.2) is 4.39 Å². The Morgan fingerprint density at radius 1 is 0.902 bits per heavy atom. The highest BCUT2D eigenvalue weighted by atomic mass is 35.5. The lowest BCUT2D eigenvalue weighted by atomic mass is 10.1. The zero-order chi connectivity index (χ0) is 28.6. The molecule has 0 aliphatic carbocycles. The van der Waals surface area contributed by atoms with E-state index in [0.29, 0.717) is 62.2 Å². The largest absolute Gasteiger partial charge is 0.379 e. The molecule has 2 aliphatic rings. The number of benzene rings is 2. The lowest BCUT2D eigenvalue weighted by molar-refractivity contribution is -0.131. The fourth-order valence-electron chi connectivity index (χ4n) is 5.07. The highest BCUT2D eigenvalue weighted by Crippen LogP contribution is 2.21. The van der Waals surface area contributed by atoms with Crippen molar-refractivity contribution in [1.29, 1.82) is 0 Å². The molecule has 1 aromatic heterocycles. The van der Waals surface area contributed by atoms with Crippen molar-refractivity contribution >= 4 is 29.2 Å². The van der Waals surface area contributed by atoms with Gasteiger partial charge >= 0.3 is 0 Å². The molecule has 0 saturated carbocycles. The van der Waals surface area contributed by atoms with Gasteiger partial charge < -0.3 is 19.4 Å². The normalized spacial score (nSPS) is 16.3. The molecular weight excluding hydrogens is 547 g/mol. The lowest BCUT2D eigenvalue weighted by Gasteiger charge is -2.31. The Hall–Kier alpha value is -3.60. The van der Waals surface area contributed by atoms with Crippen molar-refractivity contribution in [3.05, 3.63) is 77.1 Å². The Bertz CT molecular complexity index is 1320. The Labute approximate surface area is 244 Å². The highest BCUT2D eigenvalue weighted by Gasteiger charge is 2.26. The number of halogens is 2. The minimum absolute atomic E-state index is 0.0133. The minimum Gasteiger partial charge on any atom is -0.379 e. The predicted molar refractivity (Wildman–Crippen MR) is 155 cm³/mol. The third kappa shape index (κ3) is 7.58. The quantitative estimate of drug-likeness (QED) is 0.404. The van der Waals surface area contributed by atoms with Gasteiger partial charge in [-0.05, 0) is 55.0 Å². The zero-order valence-corrected chi connectivity index (χ0v) is 23.7. The summed E-state index contributed by atoms with van der Waals surface area (Å²) >= 11 is 6.34. The van der Waals surface area contributed by atoms with Crippen molar-refractivity contribution in [3.8, 4) is 11.3 Å². The highest BCUT2D eigenvalue weighted by molar-refractivity contribution is 6.33. The maximum Gasteiger partial charge on any atom is 0.255 e. The van der Waals surface area contributed by atoms with E-state index in [4.69, 9.17) is 16.3 Å². The SMILES string of the molecule is O=C(CN(CCN1CCOCC1)C(=O)c1ccccc1Cl)N1CCCN(c2ccc(-c3ccc(F)cc3)nn2)CC1. The minimum atomic E-state index is -0.296. The second-order valence-electron chi connectivity index (χ2n) is 10.2. The summed E-state index contributed by atoms with van der Waals surface area (Å²) in [6.45, 7) is 6.44. The van der Waals surface area contributed by atoms with E-state index in [1.54, 1.807) is 41.3 Å². The molecule has 2 fully saturated rings. The van der Waals surface area contributed by atoms with Crippen LogP contribution in [0.15, 0.2) is 60.7 Å². The van der Waals surface area contributed by atoms with Gasteiger partial charge in [0.25, 0.3) is 5.91 Å². The number of hydrogen-bond donors (Lipinski definition) is 0. The lowest BCUT2D eigenvalue weighted by Crippen LogP contribution is -2.47. The molecule has 5 rings (SSSR count). The number of nitrogens with zero attached hydrogens (tertiary/aromatic N) is 6. The van der Waals surface area contributed by atoms with Crippen LogP contribution in [0.1, 0.15) is 16.8 Å². The monoisotopic (exact) mass is 580 g/mol. The second kappa shape index (κ2) is 13.8. The van der Waals surface area contributed by atoms with Crippen LogP contribution in [0.4, 0.5) is 10.2 Å². The molecule has 2 amide bonds. The van der Waals surface area contributed by atoms with Crippen molar-refractivity contribution < 1.29 is 18.7 Å². The Morgan fingerprint density at radius 3 is 2.41 bits per heavy atom. The summed E-state index contributed by atoms with van der Waals surface area (Å²) in [5.41, 5.74) is 1.86. The number of anilines is 1. The average molecular weight is 581 g/mol. The molecule has 2 saturated heterocycles. The molecule has 3 heterocycles. The van der Waals surface area contributed by atoms with E-state index in [1.807, 2.05) is 17.0 Å². The van der Waals surface area contributed by atoms with Gasteiger partial charge in [0, 0.05) is 57.9 Å². The van der Waals surface area contributed by atoms with E-state index in [1.165, 1.54) is 12.1 Å². The summed E-state index contributed by atoms with van der Waals surface area (Å²) in [6, 6.07) is 16.9. The first-order chi connectivity index (χ1) is 20.0. The van der Waals surface area contributed by atoms with E-state index in [-0.39, 0.29) is 24.2 Å². The van der Waals surface area contributed by atoms with Crippen molar-refractivity contribution in [2.45, 2.75) is 6.42 Å². The molecule has 216 valence electrons. The summed E-state index contributed by atoms with van der Waals surface area (Å²) in [5.74, 6) is 0.0961. The predicted octanol–water partition coefficient (Wildman–Crippen LogP) is 3.45. The Kier molecular flexibility index (Phi) is 9.76. The van der Waals surface area contributed by atoms with Crippen LogP contribution in [0.3, 0.4) is 0 Å². The van der Waals surface area contributed by atoms with Crippen LogP contribution in [-0.4, -0.2) is 109 Å². The van der Waals surface area contributed by atoms with Gasteiger partial charge in [0.05, 0.1) is 29.5 Å². The average Bonchev–Trinajstić information content (AvgIpc) is 3.27. The molecule has 0 unspecified atom stereocenters. The molecular formula is C30H34ClFN6O3. The van der Waals surface area contributed by atoms with Crippen LogP contribution >= 0.6 is 11.6 Å². The number of amides is 2. The van der Waals surface area contributed by atoms with Gasteiger partial charge in [0.2, 0.25) is 5.91 Å². The number of carbonyl (C=O) groups excluding carboxylic acids is 2. The number of hydrogen-bond acceptors (Lipinski definition) is 7. The molecule has 0 radical (unpaired) electrons. The van der Waals surface area contributed by atoms with E-state index in [2.05, 4.69) is 20.0 Å². The first-order valence-corrected chi connectivity index (χ1v) is 14.3. The fourth-order valence-corrected chi connectivity index (χ4v) is 5.29. The first-order valence-electron chi connectivity index (χ1n) is 13.9. The van der Waals surface area contributed by atoms with Crippen LogP contribution < -0.4 is 4.90 Å². The second-order valence-corrected chi connectivity index (χ2v) is 10.6. The number of rotatable bonds is 8. The van der Waals surface area contributed by atoms with Crippen molar-refractivity contribution in [2.75, 3.05) is 77.0 Å². The molecule has 11 heteroatoms. The van der Waals surface area contributed by atoms with Crippen molar-refractivity contribution in [3.63, 3.8) is 0 Å². The van der Waals surface area contributed by atoms with Crippen LogP contribution in [0, 0.1) is 5.82 Å². The summed E-state index contributed by atoms with van der Waals surface area (Å²) < 4.78 is 18.7. The third-order valence-corrected chi connectivity index (χ3v) is 7.80. The van der Waals surface area contributed by atoms with E-state index in [0.717, 1.165) is 37.4 Å². The van der Waals surface area contributed by atoms with E-state index in [9.17, 15) is 14.0 Å². The van der Waals surface area contributed by atoms with Gasteiger partial charge in [-0.1, -0.05) is 23.7 Å². The number of aromatic nitrogens is 2. The molecule has 9 nitrogen and oxygen atoms in total. The number of carbonyl (C=O) groups is 2. The van der Waals surface area contributed by atoms with Gasteiger partial charge in [0.1, 0.15) is 12.4 Å². The number of morpholine rings is 1. The standard InChI is InChI=1S/C30H34ClFN6O3/c31-26-5-2-1-4-25(26)30(40)38(15-14-35-18-20-41-21-19-35)22-29(39)37-13-3-12-36(16-17-37)28-11-10-27(33-34-28)23-6-8-24(32)9-7-23/h1-2,4-11H,3,12-22H2. The first kappa shape index (κ1) is 28.9. The van der Waals surface area contributed by atoms with Crippen molar-refractivity contribution in [2.24, 2.45) is 0 Å². The molecule has 0 N–H and O–H groups in total. The van der Waals surface area contributed by atoms with Crippen molar-refractivity contribution in [1.82, 2.24) is 24.9 Å².